The number of alkyl halides is 1. The van der Waals surface area contributed by atoms with Crippen LogP contribution in [0.1, 0.15) is 12.0 Å². The van der Waals surface area contributed by atoms with Crippen molar-refractivity contribution in [2.24, 2.45) is 5.92 Å². The van der Waals surface area contributed by atoms with Crippen LogP contribution in [0.25, 0.3) is 21.3 Å². The fourth-order valence-corrected chi connectivity index (χ4v) is 3.55. The van der Waals surface area contributed by atoms with Gasteiger partial charge in [-0.2, -0.15) is 4.39 Å². The van der Waals surface area contributed by atoms with Gasteiger partial charge >= 0.3 is 0 Å². The number of anilines is 1. The predicted octanol–water partition coefficient (Wildman–Crippen LogP) is 4.10. The molecule has 1 fully saturated rings. The highest BCUT2D eigenvalue weighted by Crippen LogP contribution is 2.36. The van der Waals surface area contributed by atoms with Crippen LogP contribution < -0.4 is 5.32 Å². The maximum Gasteiger partial charge on any atom is 0.232 e. The van der Waals surface area contributed by atoms with E-state index in [4.69, 9.17) is 0 Å². The zero-order valence-corrected chi connectivity index (χ0v) is 13.5. The molecular weight excluding hydrogens is 332 g/mol. The van der Waals surface area contributed by atoms with Crippen LogP contribution in [0.2, 0.25) is 0 Å². The summed E-state index contributed by atoms with van der Waals surface area (Å²) in [6.07, 6.45) is 0.672. The summed E-state index contributed by atoms with van der Waals surface area (Å²) in [5, 5.41) is 3.07. The van der Waals surface area contributed by atoms with Crippen LogP contribution in [0.15, 0.2) is 30.5 Å². The van der Waals surface area contributed by atoms with Crippen molar-refractivity contribution in [1.29, 1.82) is 0 Å². The zero-order chi connectivity index (χ0) is 16.8. The lowest BCUT2D eigenvalue weighted by Gasteiger charge is -2.06. The molecule has 1 aliphatic rings. The van der Waals surface area contributed by atoms with Gasteiger partial charge < -0.3 is 5.32 Å². The molecule has 122 valence electrons. The van der Waals surface area contributed by atoms with Gasteiger partial charge in [0.2, 0.25) is 11.9 Å². The molecule has 3 aromatic rings. The molecule has 2 aromatic heterocycles. The van der Waals surface area contributed by atoms with Gasteiger partial charge in [-0.3, -0.25) is 4.79 Å². The standard InChI is InChI=1S/C17H13F2N3OS/c1-8-4-5-20-15(19)14(8)9-2-3-12-13(6-9)24-17(21-12)22-16(23)10-7-11(10)18/h2-6,10-11H,7H2,1H3,(H,21,22,23)/t10-,11?/m1/s1. The van der Waals surface area contributed by atoms with E-state index in [1.807, 2.05) is 13.0 Å². The van der Waals surface area contributed by atoms with Gasteiger partial charge in [0, 0.05) is 11.8 Å². The van der Waals surface area contributed by atoms with Gasteiger partial charge in [-0.05, 0) is 42.7 Å². The van der Waals surface area contributed by atoms with Crippen molar-refractivity contribution in [2.45, 2.75) is 19.5 Å². The summed E-state index contributed by atoms with van der Waals surface area (Å²) >= 11 is 1.28. The largest absolute Gasteiger partial charge is 0.302 e. The van der Waals surface area contributed by atoms with Crippen LogP contribution in [0.5, 0.6) is 0 Å². The number of nitrogens with zero attached hydrogens (tertiary/aromatic N) is 2. The summed E-state index contributed by atoms with van der Waals surface area (Å²) in [5.74, 6) is -1.41. The summed E-state index contributed by atoms with van der Waals surface area (Å²) in [5.41, 5.74) is 2.66. The molecule has 1 unspecified atom stereocenters. The number of nitrogens with one attached hydrogen (secondary N) is 1. The number of amides is 1. The lowest BCUT2D eigenvalue weighted by Crippen LogP contribution is -2.14. The Labute approximate surface area is 140 Å². The Morgan fingerprint density at radius 3 is 2.88 bits per heavy atom. The molecule has 0 aliphatic heterocycles. The fourth-order valence-electron chi connectivity index (χ4n) is 2.64. The third-order valence-corrected chi connectivity index (χ3v) is 5.00. The van der Waals surface area contributed by atoms with Crippen LogP contribution in [-0.2, 0) is 4.79 Å². The first kappa shape index (κ1) is 15.1. The molecule has 0 spiro atoms. The van der Waals surface area contributed by atoms with E-state index in [0.29, 0.717) is 21.8 Å². The maximum absolute atomic E-state index is 14.0. The topological polar surface area (TPSA) is 54.9 Å². The molecule has 1 aromatic carbocycles. The summed E-state index contributed by atoms with van der Waals surface area (Å²) in [4.78, 5) is 19.8. The van der Waals surface area contributed by atoms with E-state index in [1.54, 1.807) is 18.2 Å². The van der Waals surface area contributed by atoms with Gasteiger partial charge in [-0.15, -0.1) is 0 Å². The molecule has 2 atom stereocenters. The van der Waals surface area contributed by atoms with Gasteiger partial charge in [-0.1, -0.05) is 17.4 Å². The second-order valence-electron chi connectivity index (χ2n) is 5.84. The van der Waals surface area contributed by atoms with E-state index >= 15 is 0 Å². The smallest absolute Gasteiger partial charge is 0.232 e. The Balaban J connectivity index is 1.67. The number of carbonyl (C=O) groups is 1. The molecule has 7 heteroatoms. The third kappa shape index (κ3) is 2.65. The number of hydrogen-bond donors (Lipinski definition) is 1. The van der Waals surface area contributed by atoms with Crippen molar-refractivity contribution in [1.82, 2.24) is 9.97 Å². The van der Waals surface area contributed by atoms with E-state index in [0.717, 1.165) is 10.3 Å². The normalized spacial score (nSPS) is 19.5. The SMILES string of the molecule is Cc1ccnc(F)c1-c1ccc2nc(NC(=O)[C@@H]3CC3F)sc2c1. The van der Waals surface area contributed by atoms with Crippen LogP contribution in [0, 0.1) is 18.8 Å². The van der Waals surface area contributed by atoms with Crippen molar-refractivity contribution in [3.05, 3.63) is 42.0 Å². The Bertz CT molecular complexity index is 936. The fraction of sp³-hybridized carbons (Fsp3) is 0.235. The third-order valence-electron chi connectivity index (χ3n) is 4.07. The van der Waals surface area contributed by atoms with E-state index in [9.17, 15) is 13.6 Å². The van der Waals surface area contributed by atoms with E-state index in [-0.39, 0.29) is 12.3 Å². The lowest BCUT2D eigenvalue weighted by molar-refractivity contribution is -0.117. The molecule has 24 heavy (non-hydrogen) atoms. The molecule has 0 saturated heterocycles. The van der Waals surface area contributed by atoms with Gasteiger partial charge in [0.05, 0.1) is 16.1 Å². The maximum atomic E-state index is 14.0. The molecule has 1 aliphatic carbocycles. The number of carbonyl (C=O) groups excluding carboxylic acids is 1. The quantitative estimate of drug-likeness (QED) is 0.727. The molecule has 1 N–H and O–H groups in total. The number of hydrogen-bond acceptors (Lipinski definition) is 4. The van der Waals surface area contributed by atoms with E-state index in [2.05, 4.69) is 15.3 Å². The average Bonchev–Trinajstić information content (AvgIpc) is 3.13. The first-order valence-corrected chi connectivity index (χ1v) is 8.31. The summed E-state index contributed by atoms with van der Waals surface area (Å²) in [6, 6.07) is 7.13. The average molecular weight is 345 g/mol. The predicted molar refractivity (Wildman–Crippen MR) is 89.2 cm³/mol. The molecule has 1 amide bonds. The number of thiazole rings is 1. The Morgan fingerprint density at radius 1 is 1.38 bits per heavy atom. The second-order valence-corrected chi connectivity index (χ2v) is 6.87. The summed E-state index contributed by atoms with van der Waals surface area (Å²) in [7, 11) is 0. The number of fused-ring (bicyclic) bond motifs is 1. The second kappa shape index (κ2) is 5.59. The van der Waals surface area contributed by atoms with Gasteiger partial charge in [0.15, 0.2) is 5.13 Å². The number of pyridine rings is 1. The minimum absolute atomic E-state index is 0.278. The van der Waals surface area contributed by atoms with Gasteiger partial charge in [-0.25, -0.2) is 14.4 Å². The van der Waals surface area contributed by atoms with Crippen molar-refractivity contribution in [3.63, 3.8) is 0 Å². The molecular formula is C17H13F2N3OS. The first-order valence-electron chi connectivity index (χ1n) is 7.50. The van der Waals surface area contributed by atoms with Crippen molar-refractivity contribution >= 4 is 32.6 Å². The zero-order valence-electron chi connectivity index (χ0n) is 12.7. The van der Waals surface area contributed by atoms with Crippen LogP contribution in [0.3, 0.4) is 0 Å². The summed E-state index contributed by atoms with van der Waals surface area (Å²) in [6.45, 7) is 1.83. The van der Waals surface area contributed by atoms with Gasteiger partial charge in [0.1, 0.15) is 6.17 Å². The number of aryl methyl sites for hydroxylation is 1. The van der Waals surface area contributed by atoms with Crippen LogP contribution >= 0.6 is 11.3 Å². The molecule has 0 bridgehead atoms. The van der Waals surface area contributed by atoms with E-state index < -0.39 is 18.0 Å². The van der Waals surface area contributed by atoms with E-state index in [1.165, 1.54) is 17.5 Å². The number of aromatic nitrogens is 2. The molecule has 4 rings (SSSR count). The lowest BCUT2D eigenvalue weighted by atomic mass is 10.0. The Kier molecular flexibility index (Phi) is 3.53. The minimum atomic E-state index is -1.04. The highest BCUT2D eigenvalue weighted by atomic mass is 32.1. The van der Waals surface area contributed by atoms with Gasteiger partial charge in [0.25, 0.3) is 0 Å². The first-order chi connectivity index (χ1) is 11.5. The highest BCUT2D eigenvalue weighted by molar-refractivity contribution is 7.22. The van der Waals surface area contributed by atoms with Crippen molar-refractivity contribution < 1.29 is 13.6 Å². The monoisotopic (exact) mass is 345 g/mol. The summed E-state index contributed by atoms with van der Waals surface area (Å²) < 4.78 is 27.8. The van der Waals surface area contributed by atoms with Crippen LogP contribution in [-0.4, -0.2) is 22.0 Å². The number of rotatable bonds is 3. The molecule has 4 nitrogen and oxygen atoms in total. The number of halogens is 2. The van der Waals surface area contributed by atoms with Crippen molar-refractivity contribution in [2.75, 3.05) is 5.32 Å². The van der Waals surface area contributed by atoms with Crippen LogP contribution in [0.4, 0.5) is 13.9 Å². The molecule has 1 saturated carbocycles. The molecule has 2 heterocycles. The Morgan fingerprint density at radius 2 is 2.17 bits per heavy atom. The number of benzene rings is 1. The minimum Gasteiger partial charge on any atom is -0.302 e. The van der Waals surface area contributed by atoms with Crippen molar-refractivity contribution in [3.8, 4) is 11.1 Å². The highest BCUT2D eigenvalue weighted by Gasteiger charge is 2.43. The molecule has 0 radical (unpaired) electrons. The Hall–Kier alpha value is -2.41.